The van der Waals surface area contributed by atoms with Crippen LogP contribution in [0.5, 0.6) is 0 Å². The lowest BCUT2D eigenvalue weighted by molar-refractivity contribution is -0.137. The molecule has 1 aliphatic heterocycles. The number of esters is 1. The van der Waals surface area contributed by atoms with Crippen molar-refractivity contribution in [3.8, 4) is 0 Å². The molecular formula is C24H24O4. The minimum Gasteiger partial charge on any atom is -0.489 e. The predicted molar refractivity (Wildman–Crippen MR) is 108 cm³/mol. The largest absolute Gasteiger partial charge is 0.489 e. The Labute approximate surface area is 165 Å². The second-order valence-corrected chi connectivity index (χ2v) is 6.59. The molecule has 0 aromatic heterocycles. The fourth-order valence-corrected chi connectivity index (χ4v) is 3.17. The van der Waals surface area contributed by atoms with Crippen LogP contribution >= 0.6 is 0 Å². The third-order valence-electron chi connectivity index (χ3n) is 4.55. The summed E-state index contributed by atoms with van der Waals surface area (Å²) in [4.78, 5) is 24.5. The predicted octanol–water partition coefficient (Wildman–Crippen LogP) is 4.51. The first kappa shape index (κ1) is 19.6. The van der Waals surface area contributed by atoms with Crippen molar-refractivity contribution in [1.29, 1.82) is 0 Å². The van der Waals surface area contributed by atoms with Gasteiger partial charge in [0.15, 0.2) is 5.78 Å². The van der Waals surface area contributed by atoms with Crippen LogP contribution < -0.4 is 0 Å². The van der Waals surface area contributed by atoms with Crippen molar-refractivity contribution in [2.45, 2.75) is 32.3 Å². The van der Waals surface area contributed by atoms with E-state index in [1.54, 1.807) is 6.92 Å². The molecule has 4 nitrogen and oxygen atoms in total. The number of allylic oxidation sites excluding steroid dienone is 2. The molecular weight excluding hydrogens is 352 g/mol. The van der Waals surface area contributed by atoms with Crippen LogP contribution in [-0.4, -0.2) is 24.5 Å². The zero-order valence-corrected chi connectivity index (χ0v) is 16.0. The van der Waals surface area contributed by atoms with Crippen molar-refractivity contribution >= 4 is 17.5 Å². The van der Waals surface area contributed by atoms with E-state index in [9.17, 15) is 9.59 Å². The highest BCUT2D eigenvalue weighted by Gasteiger charge is 2.28. The number of carbonyl (C=O) groups excluding carboxylic acids is 2. The molecule has 0 radical (unpaired) electrons. The fraction of sp³-hybridized carbons (Fsp3) is 0.250. The summed E-state index contributed by atoms with van der Waals surface area (Å²) in [5, 5.41) is 0. The number of rotatable bonds is 7. The van der Waals surface area contributed by atoms with E-state index in [4.69, 9.17) is 9.47 Å². The van der Waals surface area contributed by atoms with Crippen LogP contribution in [0.25, 0.3) is 5.76 Å². The molecule has 0 aliphatic carbocycles. The lowest BCUT2D eigenvalue weighted by Gasteiger charge is -2.27. The van der Waals surface area contributed by atoms with E-state index in [0.717, 1.165) is 18.4 Å². The van der Waals surface area contributed by atoms with Crippen LogP contribution in [0.1, 0.15) is 30.9 Å². The minimum absolute atomic E-state index is 0.0243. The highest BCUT2D eigenvalue weighted by molar-refractivity contribution is 6.06. The van der Waals surface area contributed by atoms with Gasteiger partial charge in [-0.25, -0.2) is 4.79 Å². The van der Waals surface area contributed by atoms with Crippen LogP contribution in [-0.2, 0) is 25.5 Å². The number of hydrogen-bond acceptors (Lipinski definition) is 4. The van der Waals surface area contributed by atoms with Gasteiger partial charge in [-0.1, -0.05) is 60.7 Å². The molecule has 0 unspecified atom stereocenters. The van der Waals surface area contributed by atoms with Crippen molar-refractivity contribution < 1.29 is 19.1 Å². The lowest BCUT2D eigenvalue weighted by Crippen LogP contribution is -2.25. The van der Waals surface area contributed by atoms with Crippen molar-refractivity contribution in [1.82, 2.24) is 0 Å². The van der Waals surface area contributed by atoms with Gasteiger partial charge in [0.1, 0.15) is 11.9 Å². The minimum atomic E-state index is -0.471. The molecule has 2 aromatic rings. The summed E-state index contributed by atoms with van der Waals surface area (Å²) in [6.07, 6.45) is 4.49. The van der Waals surface area contributed by atoms with E-state index in [2.05, 4.69) is 12.1 Å². The van der Waals surface area contributed by atoms with E-state index < -0.39 is 5.97 Å². The van der Waals surface area contributed by atoms with E-state index in [0.29, 0.717) is 24.4 Å². The molecule has 0 N–H and O–H groups in total. The Balaban J connectivity index is 1.82. The van der Waals surface area contributed by atoms with E-state index in [1.807, 2.05) is 48.5 Å². The summed E-state index contributed by atoms with van der Waals surface area (Å²) in [5.74, 6) is 0.0283. The van der Waals surface area contributed by atoms with Crippen LogP contribution in [0.2, 0.25) is 0 Å². The number of ether oxygens (including phenoxy) is 2. The van der Waals surface area contributed by atoms with Gasteiger partial charge in [-0.15, -0.1) is 0 Å². The molecule has 2 aromatic carbocycles. The van der Waals surface area contributed by atoms with Crippen LogP contribution in [0, 0.1) is 0 Å². The zero-order valence-electron chi connectivity index (χ0n) is 16.0. The van der Waals surface area contributed by atoms with Crippen molar-refractivity contribution in [2.75, 3.05) is 6.61 Å². The van der Waals surface area contributed by atoms with Gasteiger partial charge in [-0.05, 0) is 31.4 Å². The third kappa shape index (κ3) is 5.19. The van der Waals surface area contributed by atoms with Gasteiger partial charge in [0.05, 0.1) is 12.2 Å². The molecule has 3 rings (SSSR count). The van der Waals surface area contributed by atoms with Gasteiger partial charge >= 0.3 is 5.97 Å². The number of benzene rings is 2. The Morgan fingerprint density at radius 1 is 1.11 bits per heavy atom. The Bertz CT molecular complexity index is 866. The van der Waals surface area contributed by atoms with Gasteiger partial charge in [0, 0.05) is 18.1 Å². The first-order valence-electron chi connectivity index (χ1n) is 9.55. The highest BCUT2D eigenvalue weighted by atomic mass is 16.5. The second-order valence-electron chi connectivity index (χ2n) is 6.59. The zero-order chi connectivity index (χ0) is 19.8. The molecule has 144 valence electrons. The van der Waals surface area contributed by atoms with Gasteiger partial charge in [0.2, 0.25) is 0 Å². The topological polar surface area (TPSA) is 52.6 Å². The van der Waals surface area contributed by atoms with Crippen LogP contribution in [0.15, 0.2) is 78.4 Å². The summed E-state index contributed by atoms with van der Waals surface area (Å²) in [7, 11) is 0. The van der Waals surface area contributed by atoms with E-state index >= 15 is 0 Å². The maximum Gasteiger partial charge on any atom is 0.330 e. The fourth-order valence-electron chi connectivity index (χ4n) is 3.17. The summed E-state index contributed by atoms with van der Waals surface area (Å²) < 4.78 is 11.1. The maximum atomic E-state index is 12.8. The SMILES string of the molecule is CCOC(=O)/C=C/C1=C(c2ccccc2)O[C@@H](CCc2ccccc2)CC1=O. The molecule has 1 heterocycles. The number of carbonyl (C=O) groups is 2. The van der Waals surface area contributed by atoms with Crippen LogP contribution in [0.4, 0.5) is 0 Å². The van der Waals surface area contributed by atoms with Gasteiger partial charge < -0.3 is 9.47 Å². The quantitative estimate of drug-likeness (QED) is 0.527. The molecule has 0 amide bonds. The Kier molecular flexibility index (Phi) is 6.79. The Hall–Kier alpha value is -3.14. The van der Waals surface area contributed by atoms with Gasteiger partial charge in [-0.2, -0.15) is 0 Å². The van der Waals surface area contributed by atoms with E-state index in [-0.39, 0.29) is 11.9 Å². The molecule has 0 fully saturated rings. The monoisotopic (exact) mass is 376 g/mol. The second kappa shape index (κ2) is 9.70. The Morgan fingerprint density at radius 3 is 2.46 bits per heavy atom. The van der Waals surface area contributed by atoms with Crippen molar-refractivity contribution in [3.05, 3.63) is 89.5 Å². The van der Waals surface area contributed by atoms with Gasteiger partial charge in [-0.3, -0.25) is 4.79 Å². The number of ketones is 1. The van der Waals surface area contributed by atoms with Gasteiger partial charge in [0.25, 0.3) is 0 Å². The third-order valence-corrected chi connectivity index (χ3v) is 4.55. The number of hydrogen-bond donors (Lipinski definition) is 0. The first-order chi connectivity index (χ1) is 13.7. The standard InChI is InChI=1S/C24H24O4/c1-2-27-23(26)16-15-21-22(25)17-20(14-13-18-9-5-3-6-10-18)28-24(21)19-11-7-4-8-12-19/h3-12,15-16,20H,2,13-14,17H2,1H3/b16-15+/t20-/m0/s1. The summed E-state index contributed by atoms with van der Waals surface area (Å²) >= 11 is 0. The summed E-state index contributed by atoms with van der Waals surface area (Å²) in [6, 6.07) is 19.7. The number of aryl methyl sites for hydroxylation is 1. The normalized spacial score (nSPS) is 16.9. The van der Waals surface area contributed by atoms with Crippen LogP contribution in [0.3, 0.4) is 0 Å². The van der Waals surface area contributed by atoms with Crippen molar-refractivity contribution in [3.63, 3.8) is 0 Å². The number of Topliss-reactive ketones (excluding diaryl/α,β-unsaturated/α-hetero) is 1. The summed E-state index contributed by atoms with van der Waals surface area (Å²) in [6.45, 7) is 2.03. The first-order valence-corrected chi connectivity index (χ1v) is 9.55. The van der Waals surface area contributed by atoms with Crippen molar-refractivity contribution in [2.24, 2.45) is 0 Å². The molecule has 4 heteroatoms. The molecule has 1 atom stereocenters. The smallest absolute Gasteiger partial charge is 0.330 e. The average Bonchev–Trinajstić information content (AvgIpc) is 2.72. The molecule has 0 spiro atoms. The Morgan fingerprint density at radius 2 is 1.79 bits per heavy atom. The molecule has 28 heavy (non-hydrogen) atoms. The highest BCUT2D eigenvalue weighted by Crippen LogP contribution is 2.31. The maximum absolute atomic E-state index is 12.8. The molecule has 0 saturated carbocycles. The molecule has 1 aliphatic rings. The molecule has 0 saturated heterocycles. The molecule has 0 bridgehead atoms. The average molecular weight is 376 g/mol. The van der Waals surface area contributed by atoms with E-state index in [1.165, 1.54) is 17.7 Å². The summed E-state index contributed by atoms with van der Waals surface area (Å²) in [5.41, 5.74) is 2.45. The lowest BCUT2D eigenvalue weighted by atomic mass is 9.94.